The van der Waals surface area contributed by atoms with Crippen molar-refractivity contribution in [1.29, 1.82) is 0 Å². The number of urea groups is 1. The molecule has 0 aliphatic carbocycles. The van der Waals surface area contributed by atoms with Crippen LogP contribution in [0.2, 0.25) is 0 Å². The first-order valence-electron chi connectivity index (χ1n) is 10.4. The monoisotopic (exact) mass is 417 g/mol. The Hall–Kier alpha value is -1.63. The van der Waals surface area contributed by atoms with Gasteiger partial charge in [-0.2, -0.15) is 0 Å². The van der Waals surface area contributed by atoms with Crippen molar-refractivity contribution >= 4 is 23.3 Å². The fourth-order valence-corrected chi connectivity index (χ4v) is 2.74. The number of amides is 2. The molecule has 0 aliphatic heterocycles. The Morgan fingerprint density at radius 1 is 1.18 bits per heavy atom. The van der Waals surface area contributed by atoms with E-state index in [9.17, 15) is 9.59 Å². The molecule has 1 N–H and O–H groups in total. The number of esters is 1. The minimum absolute atomic E-state index is 0.303. The molecule has 0 saturated carbocycles. The molecule has 0 aliphatic rings. The summed E-state index contributed by atoms with van der Waals surface area (Å²) in [4.78, 5) is 29.8. The van der Waals surface area contributed by atoms with E-state index in [0.29, 0.717) is 18.9 Å². The van der Waals surface area contributed by atoms with Crippen LogP contribution in [0.25, 0.3) is 0 Å². The largest absolute Gasteiger partial charge is 0.467 e. The first-order valence-corrected chi connectivity index (χ1v) is 11.3. The van der Waals surface area contributed by atoms with Gasteiger partial charge in [-0.15, -0.1) is 11.3 Å². The Morgan fingerprint density at radius 3 is 2.11 bits per heavy atom. The highest BCUT2D eigenvalue weighted by Crippen LogP contribution is 2.19. The Balaban J connectivity index is -0.000000946. The summed E-state index contributed by atoms with van der Waals surface area (Å²) in [6, 6.07) is -0.908. The second kappa shape index (κ2) is 20.1. The number of thiazole rings is 1. The molecule has 1 atom stereocenters. The van der Waals surface area contributed by atoms with E-state index in [4.69, 9.17) is 4.74 Å². The maximum Gasteiger partial charge on any atom is 0.328 e. The smallest absolute Gasteiger partial charge is 0.328 e. The average molecular weight is 418 g/mol. The van der Waals surface area contributed by atoms with Gasteiger partial charge in [0.15, 0.2) is 0 Å². The highest BCUT2D eigenvalue weighted by atomic mass is 32.1. The lowest BCUT2D eigenvalue weighted by molar-refractivity contribution is -0.143. The summed E-state index contributed by atoms with van der Waals surface area (Å²) in [5.74, 6) is -0.0366. The molecular formula is C21H43N3O3S. The van der Waals surface area contributed by atoms with E-state index in [1.807, 2.05) is 53.8 Å². The van der Waals surface area contributed by atoms with Gasteiger partial charge in [0.25, 0.3) is 0 Å². The number of carbonyl (C=O) groups is 2. The van der Waals surface area contributed by atoms with Crippen LogP contribution in [-0.2, 0) is 16.1 Å². The summed E-state index contributed by atoms with van der Waals surface area (Å²) < 4.78 is 4.71. The van der Waals surface area contributed by atoms with E-state index in [2.05, 4.69) is 24.1 Å². The molecule has 1 aromatic rings. The third-order valence-corrected chi connectivity index (χ3v) is 4.36. The summed E-state index contributed by atoms with van der Waals surface area (Å²) >= 11 is 1.60. The highest BCUT2D eigenvalue weighted by molar-refractivity contribution is 7.09. The number of carbonyl (C=O) groups excluding carboxylic acids is 2. The fraction of sp³-hybridized carbons (Fsp3) is 0.762. The van der Waals surface area contributed by atoms with Gasteiger partial charge >= 0.3 is 12.0 Å². The van der Waals surface area contributed by atoms with E-state index in [0.717, 1.165) is 17.1 Å². The number of ether oxygens (including phenoxy) is 1. The zero-order valence-electron chi connectivity index (χ0n) is 19.9. The van der Waals surface area contributed by atoms with Gasteiger partial charge in [-0.1, -0.05) is 68.7 Å². The lowest BCUT2D eigenvalue weighted by Crippen LogP contribution is -2.46. The Bertz CT molecular complexity index is 505. The molecule has 1 rings (SSSR count). The van der Waals surface area contributed by atoms with Crippen molar-refractivity contribution in [2.45, 2.75) is 93.7 Å². The topological polar surface area (TPSA) is 71.5 Å². The van der Waals surface area contributed by atoms with Gasteiger partial charge in [0, 0.05) is 18.3 Å². The van der Waals surface area contributed by atoms with Gasteiger partial charge in [-0.05, 0) is 6.42 Å². The molecule has 1 aromatic heterocycles. The zero-order valence-corrected chi connectivity index (χ0v) is 20.7. The van der Waals surface area contributed by atoms with Crippen LogP contribution in [-0.4, -0.2) is 42.1 Å². The van der Waals surface area contributed by atoms with Crippen LogP contribution >= 0.6 is 11.3 Å². The molecule has 0 spiro atoms. The first kappa shape index (κ1) is 31.1. The van der Waals surface area contributed by atoms with Gasteiger partial charge in [0.1, 0.15) is 6.04 Å². The molecule has 7 heteroatoms. The van der Waals surface area contributed by atoms with E-state index < -0.39 is 12.0 Å². The van der Waals surface area contributed by atoms with Gasteiger partial charge in [0.2, 0.25) is 0 Å². The minimum atomic E-state index is -0.605. The van der Waals surface area contributed by atoms with Crippen LogP contribution in [0.1, 0.15) is 91.8 Å². The lowest BCUT2D eigenvalue weighted by Gasteiger charge is -2.21. The maximum absolute atomic E-state index is 12.2. The normalized spacial score (nSPS) is 10.1. The van der Waals surface area contributed by atoms with Crippen LogP contribution < -0.4 is 5.32 Å². The molecule has 2 amide bonds. The van der Waals surface area contributed by atoms with Gasteiger partial charge in [0.05, 0.1) is 24.4 Å². The molecule has 0 fully saturated rings. The van der Waals surface area contributed by atoms with Crippen molar-refractivity contribution in [2.24, 2.45) is 0 Å². The maximum atomic E-state index is 12.2. The summed E-state index contributed by atoms with van der Waals surface area (Å²) in [6.45, 7) is 18.5. The molecule has 1 unspecified atom stereocenters. The molecular weight excluding hydrogens is 374 g/mol. The summed E-state index contributed by atoms with van der Waals surface area (Å²) in [6.07, 6.45) is 1.34. The van der Waals surface area contributed by atoms with Crippen molar-refractivity contribution in [1.82, 2.24) is 15.2 Å². The Morgan fingerprint density at radius 2 is 1.71 bits per heavy atom. The number of methoxy groups -OCH3 is 1. The molecule has 28 heavy (non-hydrogen) atoms. The van der Waals surface area contributed by atoms with Gasteiger partial charge in [-0.25, -0.2) is 14.6 Å². The second-order valence-corrected chi connectivity index (χ2v) is 6.39. The Kier molecular flexibility index (Phi) is 22.3. The summed E-state index contributed by atoms with van der Waals surface area (Å²) in [5.41, 5.74) is 0.858. The lowest BCUT2D eigenvalue weighted by atomic mass is 10.2. The van der Waals surface area contributed by atoms with E-state index in [1.54, 1.807) is 18.4 Å². The number of nitrogens with one attached hydrogen (secondary N) is 1. The van der Waals surface area contributed by atoms with Crippen LogP contribution in [0.5, 0.6) is 0 Å². The third-order valence-electron chi connectivity index (χ3n) is 3.17. The number of rotatable bonds is 7. The number of hydrogen-bond acceptors (Lipinski definition) is 5. The zero-order chi connectivity index (χ0) is 22.7. The van der Waals surface area contributed by atoms with E-state index >= 15 is 0 Å². The van der Waals surface area contributed by atoms with Crippen LogP contribution in [0.15, 0.2) is 5.38 Å². The van der Waals surface area contributed by atoms with Crippen molar-refractivity contribution in [2.75, 3.05) is 14.2 Å². The van der Waals surface area contributed by atoms with Crippen molar-refractivity contribution < 1.29 is 14.3 Å². The van der Waals surface area contributed by atoms with Crippen molar-refractivity contribution in [3.8, 4) is 0 Å². The molecule has 0 aromatic carbocycles. The average Bonchev–Trinajstić information content (AvgIpc) is 3.20. The number of aromatic nitrogens is 1. The molecule has 166 valence electrons. The van der Waals surface area contributed by atoms with Crippen LogP contribution in [0.4, 0.5) is 4.79 Å². The van der Waals surface area contributed by atoms with Crippen LogP contribution in [0.3, 0.4) is 0 Å². The molecule has 0 bridgehead atoms. The fourth-order valence-electron chi connectivity index (χ4n) is 1.91. The standard InChI is InChI=1S/C15H25N3O3S.3C2H6/c1-6-7-12(14(19)21-5)17-15(20)18(4)8-11-9-22-13(16-11)10(2)3;3*1-2/h9-10,12H,6-8H2,1-5H3,(H,17,20);3*1-2H3. The SMILES string of the molecule is CC.CC.CC.CCCC(NC(=O)N(C)Cc1csc(C(C)C)n1)C(=O)OC. The Labute approximate surface area is 177 Å². The number of nitrogens with zero attached hydrogens (tertiary/aromatic N) is 2. The van der Waals surface area contributed by atoms with Crippen molar-refractivity contribution in [3.63, 3.8) is 0 Å². The quantitative estimate of drug-likeness (QED) is 0.567. The van der Waals surface area contributed by atoms with Crippen LogP contribution in [0, 0.1) is 0 Å². The first-order chi connectivity index (χ1) is 13.4. The predicted molar refractivity (Wildman–Crippen MR) is 121 cm³/mol. The summed E-state index contributed by atoms with van der Waals surface area (Å²) in [7, 11) is 3.01. The highest BCUT2D eigenvalue weighted by Gasteiger charge is 2.22. The van der Waals surface area contributed by atoms with Crippen molar-refractivity contribution in [3.05, 3.63) is 16.1 Å². The molecule has 0 saturated heterocycles. The molecule has 0 radical (unpaired) electrons. The minimum Gasteiger partial charge on any atom is -0.467 e. The number of hydrogen-bond donors (Lipinski definition) is 1. The second-order valence-electron chi connectivity index (χ2n) is 5.50. The third kappa shape index (κ3) is 12.7. The molecule has 1 heterocycles. The van der Waals surface area contributed by atoms with E-state index in [-0.39, 0.29) is 6.03 Å². The van der Waals surface area contributed by atoms with E-state index in [1.165, 1.54) is 12.0 Å². The van der Waals surface area contributed by atoms with Gasteiger partial charge in [-0.3, -0.25) is 0 Å². The predicted octanol–water partition coefficient (Wildman–Crippen LogP) is 5.83. The molecule has 6 nitrogen and oxygen atoms in total. The van der Waals surface area contributed by atoms with Gasteiger partial charge < -0.3 is 15.0 Å². The summed E-state index contributed by atoms with van der Waals surface area (Å²) in [5, 5.41) is 5.73.